The van der Waals surface area contributed by atoms with Gasteiger partial charge in [-0.05, 0) is 13.1 Å². The molecule has 0 aliphatic carbocycles. The van der Waals surface area contributed by atoms with Gasteiger partial charge in [-0.1, -0.05) is 18.2 Å². The molecule has 1 N–H and O–H groups in total. The number of fused-ring (bicyclic) bond motifs is 1. The van der Waals surface area contributed by atoms with Crippen molar-refractivity contribution in [1.29, 1.82) is 0 Å². The van der Waals surface area contributed by atoms with Crippen LogP contribution in [0.1, 0.15) is 5.89 Å². The Morgan fingerprint density at radius 3 is 3.06 bits per heavy atom. The van der Waals surface area contributed by atoms with Gasteiger partial charge in [-0.3, -0.25) is 0 Å². The molecule has 4 heteroatoms. The first kappa shape index (κ1) is 10.1. The van der Waals surface area contributed by atoms with E-state index in [-0.39, 0.29) is 0 Å². The van der Waals surface area contributed by atoms with Gasteiger partial charge < -0.3 is 14.2 Å². The Balaban J connectivity index is 2.07. The Labute approximate surface area is 98.3 Å². The summed E-state index contributed by atoms with van der Waals surface area (Å²) in [5, 5.41) is 4.04. The minimum atomic E-state index is 0.621. The summed E-state index contributed by atoms with van der Waals surface area (Å²) in [6.45, 7) is 0.621. The Kier molecular flexibility index (Phi) is 2.42. The van der Waals surface area contributed by atoms with Crippen LogP contribution >= 0.6 is 0 Å². The second-order valence-corrected chi connectivity index (χ2v) is 3.79. The van der Waals surface area contributed by atoms with Gasteiger partial charge in [-0.15, -0.1) is 0 Å². The zero-order valence-corrected chi connectivity index (χ0v) is 9.43. The molecule has 4 nitrogen and oxygen atoms in total. The lowest BCUT2D eigenvalue weighted by molar-refractivity contribution is 0.490. The zero-order chi connectivity index (χ0) is 11.7. The maximum atomic E-state index is 5.64. The second kappa shape index (κ2) is 4.07. The van der Waals surface area contributed by atoms with E-state index >= 15 is 0 Å². The summed E-state index contributed by atoms with van der Waals surface area (Å²) in [5.41, 5.74) is 1.80. The lowest BCUT2D eigenvalue weighted by atomic mass is 10.1. The van der Waals surface area contributed by atoms with Crippen LogP contribution in [0, 0.1) is 0 Å². The van der Waals surface area contributed by atoms with E-state index in [1.54, 1.807) is 12.5 Å². The number of aromatic nitrogens is 1. The molecular weight excluding hydrogens is 216 g/mol. The fourth-order valence-corrected chi connectivity index (χ4v) is 1.84. The number of benzene rings is 1. The highest BCUT2D eigenvalue weighted by atomic mass is 16.4. The van der Waals surface area contributed by atoms with Crippen molar-refractivity contribution in [2.24, 2.45) is 0 Å². The van der Waals surface area contributed by atoms with Crippen LogP contribution in [0.15, 0.2) is 45.6 Å². The maximum Gasteiger partial charge on any atom is 0.208 e. The number of para-hydroxylation sites is 1. The quantitative estimate of drug-likeness (QED) is 0.748. The average molecular weight is 228 g/mol. The highest BCUT2D eigenvalue weighted by Crippen LogP contribution is 2.30. The van der Waals surface area contributed by atoms with E-state index < -0.39 is 0 Å². The van der Waals surface area contributed by atoms with E-state index in [0.29, 0.717) is 12.4 Å². The average Bonchev–Trinajstić information content (AvgIpc) is 2.95. The van der Waals surface area contributed by atoms with Gasteiger partial charge in [0, 0.05) is 5.39 Å². The van der Waals surface area contributed by atoms with Crippen LogP contribution in [-0.4, -0.2) is 12.0 Å². The third-order valence-electron chi connectivity index (χ3n) is 2.63. The Morgan fingerprint density at radius 1 is 1.29 bits per heavy atom. The van der Waals surface area contributed by atoms with Crippen molar-refractivity contribution in [3.8, 4) is 11.3 Å². The fraction of sp³-hybridized carbons (Fsp3) is 0.154. The standard InChI is InChI=1S/C13H12N2O2/c1-14-7-13-15-6-12(17-13)10-8-16-11-5-3-2-4-9(10)11/h2-6,8,14H,7H2,1H3. The zero-order valence-electron chi connectivity index (χ0n) is 9.43. The van der Waals surface area contributed by atoms with Gasteiger partial charge in [-0.25, -0.2) is 4.98 Å². The van der Waals surface area contributed by atoms with Crippen molar-refractivity contribution in [2.45, 2.75) is 6.54 Å². The molecule has 86 valence electrons. The summed E-state index contributed by atoms with van der Waals surface area (Å²) in [7, 11) is 1.86. The van der Waals surface area contributed by atoms with Gasteiger partial charge in [0.05, 0.1) is 18.3 Å². The number of rotatable bonds is 3. The molecule has 17 heavy (non-hydrogen) atoms. The van der Waals surface area contributed by atoms with Crippen LogP contribution in [0.25, 0.3) is 22.3 Å². The monoisotopic (exact) mass is 228 g/mol. The largest absolute Gasteiger partial charge is 0.464 e. The molecule has 0 saturated carbocycles. The van der Waals surface area contributed by atoms with Crippen LogP contribution in [0.2, 0.25) is 0 Å². The van der Waals surface area contributed by atoms with E-state index in [2.05, 4.69) is 10.3 Å². The van der Waals surface area contributed by atoms with Gasteiger partial charge in [0.15, 0.2) is 5.76 Å². The Morgan fingerprint density at radius 2 is 2.18 bits per heavy atom. The summed E-state index contributed by atoms with van der Waals surface area (Å²) in [4.78, 5) is 4.20. The van der Waals surface area contributed by atoms with Crippen LogP contribution < -0.4 is 5.32 Å². The lowest BCUT2D eigenvalue weighted by Crippen LogP contribution is -2.04. The van der Waals surface area contributed by atoms with Crippen molar-refractivity contribution in [2.75, 3.05) is 7.05 Å². The van der Waals surface area contributed by atoms with Crippen LogP contribution in [0.3, 0.4) is 0 Å². The van der Waals surface area contributed by atoms with Crippen molar-refractivity contribution in [1.82, 2.24) is 10.3 Å². The topological polar surface area (TPSA) is 51.2 Å². The molecule has 0 saturated heterocycles. The van der Waals surface area contributed by atoms with Gasteiger partial charge in [0.2, 0.25) is 5.89 Å². The summed E-state index contributed by atoms with van der Waals surface area (Å²) >= 11 is 0. The first-order chi connectivity index (χ1) is 8.38. The number of hydrogen-bond acceptors (Lipinski definition) is 4. The number of oxazole rings is 1. The molecule has 2 aromatic heterocycles. The summed E-state index contributed by atoms with van der Waals surface area (Å²) in [6, 6.07) is 7.87. The molecule has 1 aromatic carbocycles. The number of hydrogen-bond donors (Lipinski definition) is 1. The lowest BCUT2D eigenvalue weighted by Gasteiger charge is -1.93. The molecule has 0 bridgehead atoms. The van der Waals surface area contributed by atoms with Crippen molar-refractivity contribution >= 4 is 11.0 Å². The van der Waals surface area contributed by atoms with Crippen molar-refractivity contribution < 1.29 is 8.83 Å². The van der Waals surface area contributed by atoms with E-state index in [1.807, 2.05) is 31.3 Å². The first-order valence-electron chi connectivity index (χ1n) is 5.44. The minimum absolute atomic E-state index is 0.621. The molecule has 3 rings (SSSR count). The number of nitrogens with zero attached hydrogens (tertiary/aromatic N) is 1. The minimum Gasteiger partial charge on any atom is -0.464 e. The molecule has 0 unspecified atom stereocenters. The van der Waals surface area contributed by atoms with Gasteiger partial charge in [-0.2, -0.15) is 0 Å². The predicted octanol–water partition coefficient (Wildman–Crippen LogP) is 2.81. The fourth-order valence-electron chi connectivity index (χ4n) is 1.84. The molecule has 0 amide bonds. The van der Waals surface area contributed by atoms with Crippen LogP contribution in [0.4, 0.5) is 0 Å². The first-order valence-corrected chi connectivity index (χ1v) is 5.44. The van der Waals surface area contributed by atoms with Crippen molar-refractivity contribution in [3.63, 3.8) is 0 Å². The maximum absolute atomic E-state index is 5.64. The Hall–Kier alpha value is -2.07. The molecule has 0 radical (unpaired) electrons. The molecule has 0 aliphatic heterocycles. The third kappa shape index (κ3) is 1.72. The highest BCUT2D eigenvalue weighted by Gasteiger charge is 2.11. The SMILES string of the molecule is CNCc1ncc(-c2coc3ccccc23)o1. The summed E-state index contributed by atoms with van der Waals surface area (Å²) in [5.74, 6) is 1.41. The van der Waals surface area contributed by atoms with Crippen molar-refractivity contribution in [3.05, 3.63) is 42.6 Å². The van der Waals surface area contributed by atoms with Crippen LogP contribution in [0.5, 0.6) is 0 Å². The smallest absolute Gasteiger partial charge is 0.208 e. The summed E-state index contributed by atoms with van der Waals surface area (Å²) < 4.78 is 11.1. The predicted molar refractivity (Wildman–Crippen MR) is 64.5 cm³/mol. The summed E-state index contributed by atoms with van der Waals surface area (Å²) in [6.07, 6.45) is 3.43. The number of nitrogens with one attached hydrogen (secondary N) is 1. The normalized spacial score (nSPS) is 11.1. The molecule has 0 aliphatic rings. The van der Waals surface area contributed by atoms with E-state index in [0.717, 1.165) is 22.3 Å². The van der Waals surface area contributed by atoms with Crippen LogP contribution in [-0.2, 0) is 6.54 Å². The molecule has 0 fully saturated rings. The van der Waals surface area contributed by atoms with E-state index in [9.17, 15) is 0 Å². The van der Waals surface area contributed by atoms with Gasteiger partial charge >= 0.3 is 0 Å². The van der Waals surface area contributed by atoms with E-state index in [4.69, 9.17) is 8.83 Å². The van der Waals surface area contributed by atoms with Gasteiger partial charge in [0.25, 0.3) is 0 Å². The Bertz CT molecular complexity index is 639. The number of furan rings is 1. The van der Waals surface area contributed by atoms with Gasteiger partial charge in [0.1, 0.15) is 11.8 Å². The molecule has 0 spiro atoms. The molecule has 0 atom stereocenters. The molecule has 3 aromatic rings. The second-order valence-electron chi connectivity index (χ2n) is 3.79. The third-order valence-corrected chi connectivity index (χ3v) is 2.63. The van der Waals surface area contributed by atoms with E-state index in [1.165, 1.54) is 0 Å². The molecule has 2 heterocycles. The molecular formula is C13H12N2O2. The highest BCUT2D eigenvalue weighted by molar-refractivity contribution is 5.92.